The molecular weight excluding hydrogens is 424 g/mol. The number of benzene rings is 4. The van der Waals surface area contributed by atoms with Crippen LogP contribution in [0.2, 0.25) is 0 Å². The summed E-state index contributed by atoms with van der Waals surface area (Å²) in [5.41, 5.74) is 6.90. The second-order valence-electron chi connectivity index (χ2n) is 9.69. The molecule has 0 aliphatic heterocycles. The van der Waals surface area contributed by atoms with Crippen molar-refractivity contribution < 1.29 is 0 Å². The van der Waals surface area contributed by atoms with Gasteiger partial charge in [-0.25, -0.2) is 9.97 Å². The lowest BCUT2D eigenvalue weighted by molar-refractivity contribution is 0.432. The van der Waals surface area contributed by atoms with Crippen LogP contribution < -0.4 is 0 Å². The summed E-state index contributed by atoms with van der Waals surface area (Å²) < 4.78 is 0. The lowest BCUT2D eigenvalue weighted by Crippen LogP contribution is -2.28. The first-order chi connectivity index (χ1) is 17.2. The molecule has 2 heterocycles. The normalized spacial score (nSPS) is 12.2. The maximum atomic E-state index is 5.06. The quantitative estimate of drug-likeness (QED) is 0.235. The molecule has 0 unspecified atom stereocenters. The summed E-state index contributed by atoms with van der Waals surface area (Å²) in [6, 6.07) is 35.0. The third-order valence-corrected chi connectivity index (χ3v) is 7.51. The molecule has 2 heteroatoms. The molecule has 6 aromatic rings. The minimum absolute atomic E-state index is 0.114. The molecule has 0 aliphatic rings. The van der Waals surface area contributed by atoms with E-state index in [0.717, 1.165) is 47.8 Å². The van der Waals surface area contributed by atoms with Gasteiger partial charge in [0.15, 0.2) is 0 Å². The number of aromatic nitrogens is 2. The van der Waals surface area contributed by atoms with Crippen LogP contribution in [0.15, 0.2) is 97.1 Å². The molecule has 0 N–H and O–H groups in total. The van der Waals surface area contributed by atoms with Gasteiger partial charge in [0.1, 0.15) is 0 Å². The summed E-state index contributed by atoms with van der Waals surface area (Å²) in [5, 5.41) is 4.91. The number of hydrogen-bond acceptors (Lipinski definition) is 2. The summed E-state index contributed by atoms with van der Waals surface area (Å²) in [5.74, 6) is 0. The van der Waals surface area contributed by atoms with Crippen LogP contribution in [0.3, 0.4) is 0 Å². The van der Waals surface area contributed by atoms with Gasteiger partial charge in [-0.3, -0.25) is 0 Å². The Kier molecular flexibility index (Phi) is 5.45. The predicted octanol–water partition coefficient (Wildman–Crippen LogP) is 8.98. The second kappa shape index (κ2) is 8.78. The molecule has 6 rings (SSSR count). The van der Waals surface area contributed by atoms with E-state index >= 15 is 0 Å². The molecule has 35 heavy (non-hydrogen) atoms. The summed E-state index contributed by atoms with van der Waals surface area (Å²) in [4.78, 5) is 10.1. The average molecular weight is 455 g/mol. The van der Waals surface area contributed by atoms with Gasteiger partial charge in [-0.1, -0.05) is 87.4 Å². The largest absolute Gasteiger partial charge is 0.248 e. The summed E-state index contributed by atoms with van der Waals surface area (Å²) in [6.45, 7) is 4.62. The zero-order valence-corrected chi connectivity index (χ0v) is 20.5. The van der Waals surface area contributed by atoms with Gasteiger partial charge in [0.25, 0.3) is 0 Å². The maximum Gasteiger partial charge on any atom is 0.0712 e. The van der Waals surface area contributed by atoms with Crippen LogP contribution in [0.1, 0.15) is 50.7 Å². The molecule has 2 aromatic heterocycles. The van der Waals surface area contributed by atoms with Gasteiger partial charge in [0.05, 0.1) is 22.1 Å². The highest BCUT2D eigenvalue weighted by Gasteiger charge is 2.35. The Balaban J connectivity index is 1.71. The topological polar surface area (TPSA) is 25.8 Å². The van der Waals surface area contributed by atoms with E-state index in [-0.39, 0.29) is 5.41 Å². The van der Waals surface area contributed by atoms with Crippen molar-refractivity contribution in [2.45, 2.75) is 44.9 Å². The van der Waals surface area contributed by atoms with Crippen molar-refractivity contribution in [3.05, 3.63) is 108 Å². The Morgan fingerprint density at radius 3 is 1.40 bits per heavy atom. The third-order valence-electron chi connectivity index (χ3n) is 7.51. The first-order valence-corrected chi connectivity index (χ1v) is 12.8. The van der Waals surface area contributed by atoms with E-state index in [4.69, 9.17) is 9.97 Å². The molecular formula is C33H30N2. The molecule has 0 radical (unpaired) electrons. The standard InChI is InChI=1S/C33H30N2/c1-3-19-33(20-4-2,27-13-9-17-31-25(27)21-23-11-5-7-15-29(23)34-31)28-14-10-18-32-26(28)22-24-12-6-8-16-30(24)35-32/h5-18,21-22H,3-4,19-20H2,1-2H3. The van der Waals surface area contributed by atoms with Crippen molar-refractivity contribution in [3.63, 3.8) is 0 Å². The molecule has 0 saturated heterocycles. The maximum absolute atomic E-state index is 5.06. The second-order valence-corrected chi connectivity index (χ2v) is 9.69. The monoisotopic (exact) mass is 454 g/mol. The molecule has 2 nitrogen and oxygen atoms in total. The van der Waals surface area contributed by atoms with Gasteiger partial charge in [-0.15, -0.1) is 0 Å². The Bertz CT molecular complexity index is 1550. The van der Waals surface area contributed by atoms with Crippen molar-refractivity contribution in [2.75, 3.05) is 0 Å². The van der Waals surface area contributed by atoms with Gasteiger partial charge in [-0.2, -0.15) is 0 Å². The highest BCUT2D eigenvalue weighted by atomic mass is 14.7. The predicted molar refractivity (Wildman–Crippen MR) is 149 cm³/mol. The van der Waals surface area contributed by atoms with Crippen LogP contribution >= 0.6 is 0 Å². The number of fused-ring (bicyclic) bond motifs is 4. The van der Waals surface area contributed by atoms with E-state index in [1.165, 1.54) is 32.7 Å². The number of hydrogen-bond donors (Lipinski definition) is 0. The van der Waals surface area contributed by atoms with Gasteiger partial charge in [0, 0.05) is 27.0 Å². The van der Waals surface area contributed by atoms with Crippen LogP contribution in [0.5, 0.6) is 0 Å². The molecule has 4 aromatic carbocycles. The van der Waals surface area contributed by atoms with E-state index in [0.29, 0.717) is 0 Å². The lowest BCUT2D eigenvalue weighted by Gasteiger charge is -2.37. The molecule has 0 atom stereocenters. The fourth-order valence-corrected chi connectivity index (χ4v) is 6.09. The number of para-hydroxylation sites is 2. The number of pyridine rings is 2. The van der Waals surface area contributed by atoms with E-state index < -0.39 is 0 Å². The van der Waals surface area contributed by atoms with Crippen molar-refractivity contribution >= 4 is 43.6 Å². The third kappa shape index (κ3) is 3.56. The van der Waals surface area contributed by atoms with Crippen LogP contribution in [-0.4, -0.2) is 9.97 Å². The van der Waals surface area contributed by atoms with E-state index in [1.807, 2.05) is 0 Å². The minimum atomic E-state index is -0.114. The fourth-order valence-electron chi connectivity index (χ4n) is 6.09. The molecule has 0 bridgehead atoms. The number of nitrogens with zero attached hydrogens (tertiary/aromatic N) is 2. The lowest BCUT2D eigenvalue weighted by atomic mass is 9.66. The van der Waals surface area contributed by atoms with Crippen molar-refractivity contribution in [1.82, 2.24) is 9.97 Å². The highest BCUT2D eigenvalue weighted by Crippen LogP contribution is 2.46. The molecule has 0 saturated carbocycles. The zero-order chi connectivity index (χ0) is 23.8. The van der Waals surface area contributed by atoms with Gasteiger partial charge in [-0.05, 0) is 60.4 Å². The molecule has 0 spiro atoms. The van der Waals surface area contributed by atoms with Crippen molar-refractivity contribution in [3.8, 4) is 0 Å². The van der Waals surface area contributed by atoms with E-state index in [2.05, 4.69) is 111 Å². The van der Waals surface area contributed by atoms with Crippen LogP contribution in [0, 0.1) is 0 Å². The summed E-state index contributed by atoms with van der Waals surface area (Å²) in [7, 11) is 0. The van der Waals surface area contributed by atoms with Crippen LogP contribution in [0.25, 0.3) is 43.6 Å². The minimum Gasteiger partial charge on any atom is -0.248 e. The highest BCUT2D eigenvalue weighted by molar-refractivity contribution is 5.98. The van der Waals surface area contributed by atoms with Crippen molar-refractivity contribution in [1.29, 1.82) is 0 Å². The Hall–Kier alpha value is -3.78. The first-order valence-electron chi connectivity index (χ1n) is 12.8. The average Bonchev–Trinajstić information content (AvgIpc) is 2.90. The van der Waals surface area contributed by atoms with Gasteiger partial charge < -0.3 is 0 Å². The Labute approximate surface area is 206 Å². The smallest absolute Gasteiger partial charge is 0.0712 e. The van der Waals surface area contributed by atoms with Crippen molar-refractivity contribution in [2.24, 2.45) is 0 Å². The number of rotatable bonds is 6. The zero-order valence-electron chi connectivity index (χ0n) is 20.5. The van der Waals surface area contributed by atoms with Crippen LogP contribution in [0.4, 0.5) is 0 Å². The fraction of sp³-hybridized carbons (Fsp3) is 0.212. The molecule has 0 fully saturated rings. The summed E-state index contributed by atoms with van der Waals surface area (Å²) >= 11 is 0. The SMILES string of the molecule is CCCC(CCC)(c1cccc2nc3ccccc3cc12)c1cccc2nc3ccccc3cc12. The van der Waals surface area contributed by atoms with Gasteiger partial charge >= 0.3 is 0 Å². The van der Waals surface area contributed by atoms with Crippen LogP contribution in [-0.2, 0) is 5.41 Å². The van der Waals surface area contributed by atoms with Gasteiger partial charge in [0.2, 0.25) is 0 Å². The summed E-state index contributed by atoms with van der Waals surface area (Å²) in [6.07, 6.45) is 4.38. The Morgan fingerprint density at radius 1 is 0.514 bits per heavy atom. The van der Waals surface area contributed by atoms with E-state index in [9.17, 15) is 0 Å². The molecule has 0 aliphatic carbocycles. The molecule has 0 amide bonds. The molecule has 172 valence electrons. The first kappa shape index (κ1) is 21.7. The Morgan fingerprint density at radius 2 is 0.943 bits per heavy atom. The van der Waals surface area contributed by atoms with E-state index in [1.54, 1.807) is 0 Å².